The van der Waals surface area contributed by atoms with E-state index in [1.54, 1.807) is 30.3 Å². The normalized spacial score (nSPS) is 10.8. The minimum atomic E-state index is -0.506. The van der Waals surface area contributed by atoms with Crippen molar-refractivity contribution in [3.05, 3.63) is 70.3 Å². The van der Waals surface area contributed by atoms with Crippen molar-refractivity contribution >= 4 is 23.7 Å². The molecule has 0 aliphatic rings. The first kappa shape index (κ1) is 18.8. The zero-order valence-corrected chi connectivity index (χ0v) is 14.9. The molecule has 0 bridgehead atoms. The van der Waals surface area contributed by atoms with Gasteiger partial charge in [-0.2, -0.15) is 0 Å². The molecule has 1 heterocycles. The van der Waals surface area contributed by atoms with E-state index in [0.717, 1.165) is 5.75 Å². The number of hydrogen-bond donors (Lipinski definition) is 1. The van der Waals surface area contributed by atoms with E-state index in [1.807, 2.05) is 6.92 Å². The number of anilines is 1. The van der Waals surface area contributed by atoms with Crippen LogP contribution in [0.4, 0.5) is 11.7 Å². The summed E-state index contributed by atoms with van der Waals surface area (Å²) >= 11 is 0. The van der Waals surface area contributed by atoms with Crippen LogP contribution in [0.2, 0.25) is 0 Å². The number of non-ortho nitro benzene ring substituents is 1. The molecule has 9 heteroatoms. The summed E-state index contributed by atoms with van der Waals surface area (Å²) in [6.45, 7) is 2.47. The molecule has 3 rings (SSSR count). The van der Waals surface area contributed by atoms with Gasteiger partial charge < -0.3 is 9.15 Å². The second-order valence-corrected chi connectivity index (χ2v) is 5.54. The number of nitro groups is 1. The number of nitro benzene ring substituents is 1. The first-order valence-electron chi connectivity index (χ1n) is 8.35. The molecule has 0 aliphatic carbocycles. The molecule has 0 saturated heterocycles. The van der Waals surface area contributed by atoms with E-state index in [9.17, 15) is 14.9 Å². The quantitative estimate of drug-likeness (QED) is 0.377. The van der Waals surface area contributed by atoms with Crippen molar-refractivity contribution in [2.45, 2.75) is 6.92 Å². The highest BCUT2D eigenvalue weighted by molar-refractivity contribution is 6.00. The van der Waals surface area contributed by atoms with Crippen molar-refractivity contribution in [1.29, 1.82) is 0 Å². The fourth-order valence-electron chi connectivity index (χ4n) is 2.31. The third-order valence-electron chi connectivity index (χ3n) is 3.58. The van der Waals surface area contributed by atoms with E-state index in [4.69, 9.17) is 9.15 Å². The summed E-state index contributed by atoms with van der Waals surface area (Å²) in [6, 6.07) is 13.0. The first-order valence-corrected chi connectivity index (χ1v) is 8.35. The summed E-state index contributed by atoms with van der Waals surface area (Å²) in [4.78, 5) is 22.3. The number of nitrogens with zero attached hydrogens (tertiary/aromatic N) is 3. The number of rotatable bonds is 7. The lowest BCUT2D eigenvalue weighted by Crippen LogP contribution is -2.07. The van der Waals surface area contributed by atoms with Gasteiger partial charge in [0.25, 0.3) is 11.6 Å². The number of carbonyl (C=O) groups excluding carboxylic acids is 1. The molecule has 0 radical (unpaired) electrons. The van der Waals surface area contributed by atoms with Crippen molar-refractivity contribution in [1.82, 2.24) is 10.2 Å². The Balaban J connectivity index is 1.63. The third-order valence-corrected chi connectivity index (χ3v) is 3.58. The Labute approximate surface area is 159 Å². The van der Waals surface area contributed by atoms with Crippen molar-refractivity contribution < 1.29 is 18.9 Å². The van der Waals surface area contributed by atoms with E-state index in [2.05, 4.69) is 15.5 Å². The van der Waals surface area contributed by atoms with Gasteiger partial charge in [0, 0.05) is 23.8 Å². The maximum absolute atomic E-state index is 12.0. The van der Waals surface area contributed by atoms with Crippen LogP contribution in [0, 0.1) is 10.1 Å². The van der Waals surface area contributed by atoms with Crippen LogP contribution in [-0.4, -0.2) is 27.6 Å². The summed E-state index contributed by atoms with van der Waals surface area (Å²) in [7, 11) is 0. The average Bonchev–Trinajstić information content (AvgIpc) is 3.16. The number of hydrogen-bond acceptors (Lipinski definition) is 7. The van der Waals surface area contributed by atoms with Crippen LogP contribution in [-0.2, 0) is 4.79 Å². The van der Waals surface area contributed by atoms with E-state index in [0.29, 0.717) is 17.7 Å². The van der Waals surface area contributed by atoms with Gasteiger partial charge in [0.1, 0.15) is 5.75 Å². The molecule has 1 N–H and O–H groups in total. The monoisotopic (exact) mass is 380 g/mol. The number of ether oxygens (including phenoxy) is 1. The van der Waals surface area contributed by atoms with E-state index in [-0.39, 0.29) is 17.6 Å². The van der Waals surface area contributed by atoms with Crippen molar-refractivity contribution in [2.75, 3.05) is 11.9 Å². The standard InChI is InChI=1S/C19H16N4O5/c1-2-27-16-9-7-14(8-10-16)18-21-22-19(28-18)20-17(24)11-6-13-4-3-5-15(12-13)23(25)26/h3-12H,2H2,1H3,(H,20,22,24). The Morgan fingerprint density at radius 3 is 2.75 bits per heavy atom. The zero-order valence-electron chi connectivity index (χ0n) is 14.9. The second-order valence-electron chi connectivity index (χ2n) is 5.54. The van der Waals surface area contributed by atoms with Crippen LogP contribution in [0.5, 0.6) is 5.75 Å². The third kappa shape index (κ3) is 4.79. The Morgan fingerprint density at radius 2 is 2.04 bits per heavy atom. The van der Waals surface area contributed by atoms with E-state index >= 15 is 0 Å². The summed E-state index contributed by atoms with van der Waals surface area (Å²) in [5.41, 5.74) is 1.15. The minimum Gasteiger partial charge on any atom is -0.494 e. The Bertz CT molecular complexity index is 1010. The summed E-state index contributed by atoms with van der Waals surface area (Å²) in [6.07, 6.45) is 2.67. The smallest absolute Gasteiger partial charge is 0.322 e. The molecule has 0 atom stereocenters. The van der Waals surface area contributed by atoms with Gasteiger partial charge in [-0.05, 0) is 42.8 Å². The van der Waals surface area contributed by atoms with E-state index < -0.39 is 10.8 Å². The van der Waals surface area contributed by atoms with Crippen LogP contribution in [0.1, 0.15) is 12.5 Å². The van der Waals surface area contributed by atoms with Crippen LogP contribution in [0.3, 0.4) is 0 Å². The largest absolute Gasteiger partial charge is 0.494 e. The number of amides is 1. The van der Waals surface area contributed by atoms with Crippen LogP contribution in [0.25, 0.3) is 17.5 Å². The molecule has 28 heavy (non-hydrogen) atoms. The van der Waals surface area contributed by atoms with Gasteiger partial charge in [0.05, 0.1) is 11.5 Å². The highest BCUT2D eigenvalue weighted by atomic mass is 16.6. The molecular weight excluding hydrogens is 364 g/mol. The Kier molecular flexibility index (Phi) is 5.75. The van der Waals surface area contributed by atoms with Crippen molar-refractivity contribution in [3.8, 4) is 17.2 Å². The van der Waals surface area contributed by atoms with Crippen LogP contribution in [0.15, 0.2) is 59.0 Å². The number of carbonyl (C=O) groups is 1. The molecule has 0 aliphatic heterocycles. The van der Waals surface area contributed by atoms with E-state index in [1.165, 1.54) is 30.4 Å². The molecular formula is C19H16N4O5. The molecule has 2 aromatic carbocycles. The predicted octanol–water partition coefficient (Wildman–Crippen LogP) is 3.70. The van der Waals surface area contributed by atoms with Gasteiger partial charge in [-0.1, -0.05) is 17.2 Å². The first-order chi connectivity index (χ1) is 13.5. The van der Waals surface area contributed by atoms with Gasteiger partial charge >= 0.3 is 6.01 Å². The Morgan fingerprint density at radius 1 is 1.25 bits per heavy atom. The maximum Gasteiger partial charge on any atom is 0.322 e. The summed E-state index contributed by atoms with van der Waals surface area (Å²) in [5, 5.41) is 20.9. The topological polar surface area (TPSA) is 120 Å². The molecule has 1 amide bonds. The molecule has 1 aromatic heterocycles. The second kappa shape index (κ2) is 8.58. The Hall–Kier alpha value is -4.01. The van der Waals surface area contributed by atoms with Crippen LogP contribution < -0.4 is 10.1 Å². The molecule has 0 fully saturated rings. The predicted molar refractivity (Wildman–Crippen MR) is 102 cm³/mol. The number of benzene rings is 2. The lowest BCUT2D eigenvalue weighted by Gasteiger charge is -2.02. The number of nitrogens with one attached hydrogen (secondary N) is 1. The molecule has 0 saturated carbocycles. The van der Waals surface area contributed by atoms with Gasteiger partial charge in [-0.3, -0.25) is 20.2 Å². The van der Waals surface area contributed by atoms with Crippen molar-refractivity contribution in [2.24, 2.45) is 0 Å². The highest BCUT2D eigenvalue weighted by Crippen LogP contribution is 2.22. The summed E-state index contributed by atoms with van der Waals surface area (Å²) < 4.78 is 10.8. The fraction of sp³-hybridized carbons (Fsp3) is 0.105. The van der Waals surface area contributed by atoms with Gasteiger partial charge in [0.15, 0.2) is 0 Å². The SMILES string of the molecule is CCOc1ccc(-c2nnc(NC(=O)C=Cc3cccc([N+](=O)[O-])c3)o2)cc1. The molecule has 9 nitrogen and oxygen atoms in total. The van der Waals surface area contributed by atoms with Gasteiger partial charge in [-0.25, -0.2) is 0 Å². The fourth-order valence-corrected chi connectivity index (χ4v) is 2.31. The molecule has 3 aromatic rings. The lowest BCUT2D eigenvalue weighted by molar-refractivity contribution is -0.384. The van der Waals surface area contributed by atoms with Gasteiger partial charge in [0.2, 0.25) is 5.89 Å². The zero-order chi connectivity index (χ0) is 19.9. The molecule has 142 valence electrons. The lowest BCUT2D eigenvalue weighted by atomic mass is 10.2. The minimum absolute atomic E-state index is 0.0561. The van der Waals surface area contributed by atoms with Crippen LogP contribution >= 0.6 is 0 Å². The molecule has 0 spiro atoms. The maximum atomic E-state index is 12.0. The summed E-state index contributed by atoms with van der Waals surface area (Å²) in [5.74, 6) is 0.472. The number of aromatic nitrogens is 2. The van der Waals surface area contributed by atoms with Gasteiger partial charge in [-0.15, -0.1) is 5.10 Å². The molecule has 0 unspecified atom stereocenters. The highest BCUT2D eigenvalue weighted by Gasteiger charge is 2.10. The van der Waals surface area contributed by atoms with Crippen molar-refractivity contribution in [3.63, 3.8) is 0 Å². The average molecular weight is 380 g/mol.